The first kappa shape index (κ1) is 16.0. The van der Waals surface area contributed by atoms with Crippen LogP contribution < -0.4 is 18.9 Å². The Morgan fingerprint density at radius 3 is 2.46 bits per heavy atom. The Labute approximate surface area is 139 Å². The van der Waals surface area contributed by atoms with Gasteiger partial charge in [0.25, 0.3) is 0 Å². The van der Waals surface area contributed by atoms with Crippen molar-refractivity contribution in [3.8, 4) is 28.7 Å². The Kier molecular flexibility index (Phi) is 4.20. The van der Waals surface area contributed by atoms with E-state index in [0.29, 0.717) is 34.1 Å². The molecule has 2 aromatic rings. The monoisotopic (exact) mass is 330 g/mol. The van der Waals surface area contributed by atoms with Crippen LogP contribution in [0.3, 0.4) is 0 Å². The van der Waals surface area contributed by atoms with Crippen LogP contribution in [0.5, 0.6) is 28.7 Å². The highest BCUT2D eigenvalue weighted by molar-refractivity contribution is 6.03. The maximum absolute atomic E-state index is 12.6. The first-order valence-corrected chi connectivity index (χ1v) is 7.40. The first-order chi connectivity index (χ1) is 11.6. The molecule has 0 spiro atoms. The number of ketones is 1. The minimum absolute atomic E-state index is 0.0847. The molecule has 1 unspecified atom stereocenters. The van der Waals surface area contributed by atoms with Gasteiger partial charge in [-0.15, -0.1) is 0 Å². The Hall–Kier alpha value is -2.89. The summed E-state index contributed by atoms with van der Waals surface area (Å²) in [7, 11) is 4.53. The zero-order valence-corrected chi connectivity index (χ0v) is 13.7. The SMILES string of the molecule is COc1cc(OC)c2c(c1)OC(c1ccc(O)cc1OC)CC2=O. The van der Waals surface area contributed by atoms with Gasteiger partial charge in [0.1, 0.15) is 40.4 Å². The van der Waals surface area contributed by atoms with Crippen molar-refractivity contribution >= 4 is 5.78 Å². The third-order valence-corrected chi connectivity index (χ3v) is 3.98. The van der Waals surface area contributed by atoms with Crippen LogP contribution in [0.15, 0.2) is 30.3 Å². The predicted molar refractivity (Wildman–Crippen MR) is 86.5 cm³/mol. The van der Waals surface area contributed by atoms with Crippen molar-refractivity contribution in [2.24, 2.45) is 0 Å². The molecule has 1 N–H and O–H groups in total. The third kappa shape index (κ3) is 2.71. The van der Waals surface area contributed by atoms with E-state index < -0.39 is 6.10 Å². The van der Waals surface area contributed by atoms with Gasteiger partial charge in [0.2, 0.25) is 0 Å². The van der Waals surface area contributed by atoms with E-state index in [9.17, 15) is 9.90 Å². The van der Waals surface area contributed by atoms with Gasteiger partial charge in [0.05, 0.1) is 27.8 Å². The summed E-state index contributed by atoms with van der Waals surface area (Å²) in [6.45, 7) is 0. The van der Waals surface area contributed by atoms with Gasteiger partial charge >= 0.3 is 0 Å². The summed E-state index contributed by atoms with van der Waals surface area (Å²) in [6, 6.07) is 8.03. The number of carbonyl (C=O) groups excluding carboxylic acids is 1. The van der Waals surface area contributed by atoms with E-state index in [-0.39, 0.29) is 18.0 Å². The molecule has 1 aliphatic rings. The van der Waals surface area contributed by atoms with Gasteiger partial charge in [-0.3, -0.25) is 4.79 Å². The molecule has 2 aromatic carbocycles. The van der Waals surface area contributed by atoms with E-state index in [4.69, 9.17) is 18.9 Å². The number of carbonyl (C=O) groups is 1. The number of phenols is 1. The molecule has 0 saturated carbocycles. The van der Waals surface area contributed by atoms with Gasteiger partial charge in [-0.2, -0.15) is 0 Å². The summed E-state index contributed by atoms with van der Waals surface area (Å²) < 4.78 is 21.8. The standard InChI is InChI=1S/C18H18O6/c1-21-11-7-16(23-3)18-13(20)9-15(24-17(18)8-11)12-5-4-10(19)6-14(12)22-2/h4-8,15,19H,9H2,1-3H3. The van der Waals surface area contributed by atoms with Gasteiger partial charge in [-0.1, -0.05) is 0 Å². The second-order valence-corrected chi connectivity index (χ2v) is 5.36. The van der Waals surface area contributed by atoms with Crippen LogP contribution in [0.25, 0.3) is 0 Å². The minimum atomic E-state index is -0.516. The fourth-order valence-electron chi connectivity index (χ4n) is 2.82. The number of fused-ring (bicyclic) bond motifs is 1. The molecule has 1 heterocycles. The van der Waals surface area contributed by atoms with E-state index in [2.05, 4.69) is 0 Å². The summed E-state index contributed by atoms with van der Waals surface area (Å²) in [4.78, 5) is 12.6. The molecule has 0 radical (unpaired) electrons. The lowest BCUT2D eigenvalue weighted by Gasteiger charge is -2.28. The number of Topliss-reactive ketones (excluding diaryl/α,β-unsaturated/α-hetero) is 1. The maximum Gasteiger partial charge on any atom is 0.174 e. The molecule has 0 saturated heterocycles. The van der Waals surface area contributed by atoms with Crippen LogP contribution in [-0.2, 0) is 0 Å². The fourth-order valence-corrected chi connectivity index (χ4v) is 2.82. The average molecular weight is 330 g/mol. The maximum atomic E-state index is 12.6. The van der Waals surface area contributed by atoms with Crippen molar-refractivity contribution in [2.45, 2.75) is 12.5 Å². The molecule has 0 aromatic heterocycles. The molecule has 126 valence electrons. The second kappa shape index (κ2) is 6.31. The molecule has 0 fully saturated rings. The predicted octanol–water partition coefficient (Wildman–Crippen LogP) is 3.12. The molecule has 6 nitrogen and oxygen atoms in total. The highest BCUT2D eigenvalue weighted by atomic mass is 16.5. The molecular formula is C18H18O6. The normalized spacial score (nSPS) is 16.1. The lowest BCUT2D eigenvalue weighted by molar-refractivity contribution is 0.0841. The fraction of sp³-hybridized carbons (Fsp3) is 0.278. The Bertz CT molecular complexity index is 783. The smallest absolute Gasteiger partial charge is 0.174 e. The van der Waals surface area contributed by atoms with E-state index in [1.54, 1.807) is 18.2 Å². The molecule has 6 heteroatoms. The van der Waals surface area contributed by atoms with Crippen LogP contribution >= 0.6 is 0 Å². The quantitative estimate of drug-likeness (QED) is 0.928. The van der Waals surface area contributed by atoms with Gasteiger partial charge in [0, 0.05) is 23.8 Å². The van der Waals surface area contributed by atoms with E-state index >= 15 is 0 Å². The summed E-state index contributed by atoms with van der Waals surface area (Å²) in [5.74, 6) is 1.83. The highest BCUT2D eigenvalue weighted by Gasteiger charge is 2.32. The van der Waals surface area contributed by atoms with Crippen molar-refractivity contribution in [3.63, 3.8) is 0 Å². The number of aromatic hydroxyl groups is 1. The van der Waals surface area contributed by atoms with E-state index in [1.165, 1.54) is 33.5 Å². The Morgan fingerprint density at radius 2 is 1.79 bits per heavy atom. The molecule has 1 aliphatic heterocycles. The Morgan fingerprint density at radius 1 is 1.04 bits per heavy atom. The largest absolute Gasteiger partial charge is 0.508 e. The van der Waals surface area contributed by atoms with Crippen molar-refractivity contribution in [3.05, 3.63) is 41.5 Å². The molecule has 0 aliphatic carbocycles. The number of hydrogen-bond acceptors (Lipinski definition) is 6. The number of benzene rings is 2. The van der Waals surface area contributed by atoms with Gasteiger partial charge < -0.3 is 24.1 Å². The summed E-state index contributed by atoms with van der Waals surface area (Å²) in [5.41, 5.74) is 1.10. The van der Waals surface area contributed by atoms with Crippen molar-refractivity contribution < 1.29 is 28.8 Å². The lowest BCUT2D eigenvalue weighted by atomic mass is 9.95. The molecule has 0 bridgehead atoms. The van der Waals surface area contributed by atoms with Crippen LogP contribution in [-0.4, -0.2) is 32.2 Å². The van der Waals surface area contributed by atoms with Crippen LogP contribution in [0.2, 0.25) is 0 Å². The van der Waals surface area contributed by atoms with Crippen molar-refractivity contribution in [1.82, 2.24) is 0 Å². The zero-order chi connectivity index (χ0) is 17.3. The van der Waals surface area contributed by atoms with Crippen LogP contribution in [0.1, 0.15) is 28.4 Å². The molecule has 0 amide bonds. The summed E-state index contributed by atoms with van der Waals surface area (Å²) in [5, 5.41) is 9.59. The summed E-state index contributed by atoms with van der Waals surface area (Å²) >= 11 is 0. The van der Waals surface area contributed by atoms with Crippen LogP contribution in [0.4, 0.5) is 0 Å². The average Bonchev–Trinajstić information content (AvgIpc) is 2.60. The molecular weight excluding hydrogens is 312 g/mol. The molecule has 24 heavy (non-hydrogen) atoms. The topological polar surface area (TPSA) is 74.2 Å². The van der Waals surface area contributed by atoms with Crippen molar-refractivity contribution in [2.75, 3.05) is 21.3 Å². The number of rotatable bonds is 4. The number of hydrogen-bond donors (Lipinski definition) is 1. The van der Waals surface area contributed by atoms with Crippen molar-refractivity contribution in [1.29, 1.82) is 0 Å². The minimum Gasteiger partial charge on any atom is -0.508 e. The Balaban J connectivity index is 2.05. The number of ether oxygens (including phenoxy) is 4. The summed E-state index contributed by atoms with van der Waals surface area (Å²) in [6.07, 6.45) is -0.367. The number of methoxy groups -OCH3 is 3. The van der Waals surface area contributed by atoms with Crippen LogP contribution in [0, 0.1) is 0 Å². The number of phenolic OH excluding ortho intramolecular Hbond substituents is 1. The molecule has 3 rings (SSSR count). The third-order valence-electron chi connectivity index (χ3n) is 3.98. The van der Waals surface area contributed by atoms with Gasteiger partial charge in [0.15, 0.2) is 5.78 Å². The first-order valence-electron chi connectivity index (χ1n) is 7.40. The highest BCUT2D eigenvalue weighted by Crippen LogP contribution is 2.44. The van der Waals surface area contributed by atoms with E-state index in [1.807, 2.05) is 0 Å². The van der Waals surface area contributed by atoms with Gasteiger partial charge in [-0.25, -0.2) is 0 Å². The molecule has 1 atom stereocenters. The zero-order valence-electron chi connectivity index (χ0n) is 13.7. The van der Waals surface area contributed by atoms with E-state index in [0.717, 1.165) is 0 Å². The van der Waals surface area contributed by atoms with Gasteiger partial charge in [-0.05, 0) is 12.1 Å². The second-order valence-electron chi connectivity index (χ2n) is 5.36. The lowest BCUT2D eigenvalue weighted by Crippen LogP contribution is -2.21.